The van der Waals surface area contributed by atoms with Crippen LogP contribution in [0.25, 0.3) is 0 Å². The lowest BCUT2D eigenvalue weighted by Gasteiger charge is -2.29. The summed E-state index contributed by atoms with van der Waals surface area (Å²) in [5, 5.41) is 2.38. The minimum absolute atomic E-state index is 0.287. The van der Waals surface area contributed by atoms with E-state index in [1.54, 1.807) is 6.20 Å². The molecule has 2 aliphatic rings. The number of anilines is 1. The second-order valence-electron chi connectivity index (χ2n) is 7.96. The van der Waals surface area contributed by atoms with Gasteiger partial charge in [-0.2, -0.15) is 0 Å². The van der Waals surface area contributed by atoms with Gasteiger partial charge in [-0.05, 0) is 42.0 Å². The van der Waals surface area contributed by atoms with Gasteiger partial charge in [-0.3, -0.25) is 4.79 Å². The second-order valence-corrected chi connectivity index (χ2v) is 10.2. The maximum absolute atomic E-state index is 12.3. The van der Waals surface area contributed by atoms with Gasteiger partial charge in [-0.15, -0.1) is 0 Å². The number of carbonyl (C=O) groups excluding carboxylic acids is 1. The molecular weight excluding hydrogens is 386 g/mol. The summed E-state index contributed by atoms with van der Waals surface area (Å²) in [6.07, 6.45) is 5.99. The molecule has 2 aromatic rings. The molecule has 1 aromatic heterocycles. The summed E-state index contributed by atoms with van der Waals surface area (Å²) in [6, 6.07) is 12.4. The first-order valence-electron chi connectivity index (χ1n) is 10.3. The van der Waals surface area contributed by atoms with E-state index in [2.05, 4.69) is 39.5 Å². The normalized spacial score (nSPS) is 17.2. The standard InChI is InChI=1S/C22H27N3O3S/c26-22(16-29(27,28)20-7-3-4-8-20)24-14-17-9-10-21(23-13-17)25-12-11-18-5-1-2-6-19(18)15-25/h1-2,5-6,9-10,13,20H,3-4,7-8,11-12,14-16H2,(H,24,26). The van der Waals surface area contributed by atoms with Crippen LogP contribution >= 0.6 is 0 Å². The van der Waals surface area contributed by atoms with Crippen molar-refractivity contribution in [1.29, 1.82) is 0 Å². The molecule has 1 aromatic carbocycles. The summed E-state index contributed by atoms with van der Waals surface area (Å²) in [7, 11) is -3.34. The van der Waals surface area contributed by atoms with Crippen molar-refractivity contribution in [2.45, 2.75) is 50.4 Å². The van der Waals surface area contributed by atoms with Gasteiger partial charge in [0, 0.05) is 25.8 Å². The zero-order chi connectivity index (χ0) is 20.3. The Balaban J connectivity index is 1.30. The van der Waals surface area contributed by atoms with Crippen molar-refractivity contribution in [2.24, 2.45) is 0 Å². The van der Waals surface area contributed by atoms with E-state index in [-0.39, 0.29) is 11.8 Å². The van der Waals surface area contributed by atoms with Gasteiger partial charge in [0.25, 0.3) is 0 Å². The van der Waals surface area contributed by atoms with Crippen LogP contribution in [0.3, 0.4) is 0 Å². The Morgan fingerprint density at radius 3 is 2.59 bits per heavy atom. The van der Waals surface area contributed by atoms with Crippen molar-refractivity contribution >= 4 is 21.6 Å². The van der Waals surface area contributed by atoms with Crippen LogP contribution in [0.15, 0.2) is 42.6 Å². The number of hydrogen-bond acceptors (Lipinski definition) is 5. The fourth-order valence-corrected chi connectivity index (χ4v) is 5.95. The van der Waals surface area contributed by atoms with Crippen LogP contribution in [0.4, 0.5) is 5.82 Å². The van der Waals surface area contributed by atoms with Crippen LogP contribution in [0.5, 0.6) is 0 Å². The number of sulfone groups is 1. The highest BCUT2D eigenvalue weighted by Crippen LogP contribution is 2.25. The molecule has 1 saturated carbocycles. The van der Waals surface area contributed by atoms with Crippen LogP contribution in [0.2, 0.25) is 0 Å². The number of nitrogens with zero attached hydrogens (tertiary/aromatic N) is 2. The quantitative estimate of drug-likeness (QED) is 0.788. The Morgan fingerprint density at radius 2 is 1.86 bits per heavy atom. The van der Waals surface area contributed by atoms with E-state index in [0.29, 0.717) is 12.8 Å². The minimum Gasteiger partial charge on any atom is -0.352 e. The van der Waals surface area contributed by atoms with Crippen molar-refractivity contribution in [2.75, 3.05) is 17.2 Å². The van der Waals surface area contributed by atoms with Gasteiger partial charge in [0.15, 0.2) is 9.84 Å². The summed E-state index contributed by atoms with van der Waals surface area (Å²) in [4.78, 5) is 18.9. The Morgan fingerprint density at radius 1 is 1.10 bits per heavy atom. The fourth-order valence-electron chi connectivity index (χ4n) is 4.20. The first kappa shape index (κ1) is 19.9. The Labute approximate surface area is 172 Å². The largest absolute Gasteiger partial charge is 0.352 e. The van der Waals surface area contributed by atoms with Crippen molar-refractivity contribution in [3.8, 4) is 0 Å². The molecule has 1 amide bonds. The Kier molecular flexibility index (Phi) is 5.85. The number of carbonyl (C=O) groups is 1. The van der Waals surface area contributed by atoms with Crippen LogP contribution < -0.4 is 10.2 Å². The third-order valence-electron chi connectivity index (χ3n) is 5.90. The van der Waals surface area contributed by atoms with Crippen molar-refractivity contribution in [3.63, 3.8) is 0 Å². The topological polar surface area (TPSA) is 79.4 Å². The molecule has 6 nitrogen and oxygen atoms in total. The molecule has 0 radical (unpaired) electrons. The first-order chi connectivity index (χ1) is 14.0. The van der Waals surface area contributed by atoms with Crippen LogP contribution in [0, 0.1) is 0 Å². The smallest absolute Gasteiger partial charge is 0.235 e. The zero-order valence-corrected chi connectivity index (χ0v) is 17.3. The summed E-state index contributed by atoms with van der Waals surface area (Å²) < 4.78 is 24.6. The molecular formula is C22H27N3O3S. The van der Waals surface area contributed by atoms with Crippen molar-refractivity contribution < 1.29 is 13.2 Å². The van der Waals surface area contributed by atoms with Crippen LogP contribution in [-0.4, -0.2) is 36.9 Å². The number of pyridine rings is 1. The monoisotopic (exact) mass is 413 g/mol. The van der Waals surface area contributed by atoms with Gasteiger partial charge in [0.2, 0.25) is 5.91 Å². The summed E-state index contributed by atoms with van der Waals surface area (Å²) in [5.41, 5.74) is 3.59. The van der Waals surface area contributed by atoms with E-state index in [9.17, 15) is 13.2 Å². The highest BCUT2D eigenvalue weighted by atomic mass is 32.2. The van der Waals surface area contributed by atoms with E-state index in [1.807, 2.05) is 12.1 Å². The van der Waals surface area contributed by atoms with E-state index in [0.717, 1.165) is 43.7 Å². The minimum atomic E-state index is -3.34. The van der Waals surface area contributed by atoms with Gasteiger partial charge in [-0.25, -0.2) is 13.4 Å². The second kappa shape index (κ2) is 8.53. The number of amides is 1. The molecule has 2 heterocycles. The van der Waals surface area contributed by atoms with Gasteiger partial charge in [0.05, 0.1) is 5.25 Å². The molecule has 1 aliphatic heterocycles. The van der Waals surface area contributed by atoms with Crippen molar-refractivity contribution in [3.05, 3.63) is 59.3 Å². The fraction of sp³-hybridized carbons (Fsp3) is 0.455. The number of rotatable bonds is 6. The SMILES string of the molecule is O=C(CS(=O)(=O)C1CCCC1)NCc1ccc(N2CCc3ccccc3C2)nc1. The summed E-state index contributed by atoms with van der Waals surface area (Å²) in [5.74, 6) is 0.0584. The lowest BCUT2D eigenvalue weighted by atomic mass is 10.00. The van der Waals surface area contributed by atoms with E-state index < -0.39 is 21.5 Å². The van der Waals surface area contributed by atoms with E-state index in [4.69, 9.17) is 0 Å². The third kappa shape index (κ3) is 4.78. The molecule has 0 unspecified atom stereocenters. The third-order valence-corrected chi connectivity index (χ3v) is 8.05. The average molecular weight is 414 g/mol. The molecule has 1 aliphatic carbocycles. The lowest BCUT2D eigenvalue weighted by molar-refractivity contribution is -0.118. The molecule has 0 bridgehead atoms. The molecule has 4 rings (SSSR count). The highest BCUT2D eigenvalue weighted by Gasteiger charge is 2.30. The van der Waals surface area contributed by atoms with Gasteiger partial charge in [-0.1, -0.05) is 43.2 Å². The molecule has 29 heavy (non-hydrogen) atoms. The molecule has 1 N–H and O–H groups in total. The van der Waals surface area contributed by atoms with Crippen LogP contribution in [0.1, 0.15) is 42.4 Å². The highest BCUT2D eigenvalue weighted by molar-refractivity contribution is 7.92. The van der Waals surface area contributed by atoms with Gasteiger partial charge < -0.3 is 10.2 Å². The van der Waals surface area contributed by atoms with E-state index in [1.165, 1.54) is 11.1 Å². The predicted octanol–water partition coefficient (Wildman–Crippen LogP) is 2.62. The molecule has 0 saturated heterocycles. The number of hydrogen-bond donors (Lipinski definition) is 1. The summed E-state index contributed by atoms with van der Waals surface area (Å²) >= 11 is 0. The maximum atomic E-state index is 12.3. The van der Waals surface area contributed by atoms with Crippen LogP contribution in [-0.2, 0) is 34.1 Å². The number of aromatic nitrogens is 1. The number of nitrogens with one attached hydrogen (secondary N) is 1. The summed E-state index contributed by atoms with van der Waals surface area (Å²) in [6.45, 7) is 2.06. The van der Waals surface area contributed by atoms with Gasteiger partial charge >= 0.3 is 0 Å². The molecule has 0 spiro atoms. The number of fused-ring (bicyclic) bond motifs is 1. The molecule has 0 atom stereocenters. The molecule has 154 valence electrons. The van der Waals surface area contributed by atoms with Gasteiger partial charge in [0.1, 0.15) is 11.6 Å². The average Bonchev–Trinajstić information content (AvgIpc) is 3.28. The lowest BCUT2D eigenvalue weighted by Crippen LogP contribution is -2.34. The van der Waals surface area contributed by atoms with E-state index >= 15 is 0 Å². The Hall–Kier alpha value is -2.41. The first-order valence-corrected chi connectivity index (χ1v) is 12.0. The molecule has 1 fully saturated rings. The Bertz CT molecular complexity index is 967. The maximum Gasteiger partial charge on any atom is 0.235 e. The number of benzene rings is 1. The predicted molar refractivity (Wildman–Crippen MR) is 113 cm³/mol. The van der Waals surface area contributed by atoms with Crippen molar-refractivity contribution in [1.82, 2.24) is 10.3 Å². The zero-order valence-electron chi connectivity index (χ0n) is 16.5. The molecule has 7 heteroatoms.